The van der Waals surface area contributed by atoms with Gasteiger partial charge in [0.15, 0.2) is 23.3 Å². The minimum Gasteiger partial charge on any atom is -0.354 e. The van der Waals surface area contributed by atoms with Gasteiger partial charge in [-0.2, -0.15) is 0 Å². The molecule has 268 valence electrons. The molecule has 0 saturated carbocycles. The zero-order chi connectivity index (χ0) is 37.1. The minimum absolute atomic E-state index is 0.177. The number of imidazole rings is 2. The van der Waals surface area contributed by atoms with Gasteiger partial charge in [-0.1, -0.05) is 18.2 Å². The van der Waals surface area contributed by atoms with Gasteiger partial charge in [0.1, 0.15) is 23.0 Å². The summed E-state index contributed by atoms with van der Waals surface area (Å²) in [7, 11) is 0. The smallest absolute Gasteiger partial charge is 0.204 e. The topological polar surface area (TPSA) is 98.4 Å². The average molecular weight is 734 g/mol. The predicted octanol–water partition coefficient (Wildman–Crippen LogP) is 8.61. The number of halogens is 6. The van der Waals surface area contributed by atoms with E-state index in [4.69, 9.17) is 0 Å². The lowest BCUT2D eigenvalue weighted by Crippen LogP contribution is -2.00. The van der Waals surface area contributed by atoms with Crippen LogP contribution < -0.4 is 10.6 Å². The predicted molar refractivity (Wildman–Crippen MR) is 191 cm³/mol. The SMILES string of the molecule is Fc1cc(F)c(F)c(-c2nc3n(c2-c2ccc4ncccc4c2)CCN3)c1.Fc1cc(F)c(F)c(-c2nc3n(c2-c2ccc4nccnc4c2)CCN3)c1. The number of benzene rings is 4. The van der Waals surface area contributed by atoms with Crippen molar-refractivity contribution in [2.75, 3.05) is 23.7 Å². The molecule has 10 rings (SSSR count). The van der Waals surface area contributed by atoms with Gasteiger partial charge >= 0.3 is 0 Å². The lowest BCUT2D eigenvalue weighted by molar-refractivity contribution is 0.497. The third-order valence-corrected chi connectivity index (χ3v) is 9.29. The van der Waals surface area contributed by atoms with Crippen LogP contribution in [0, 0.1) is 34.9 Å². The Kier molecular flexibility index (Phi) is 7.98. The summed E-state index contributed by atoms with van der Waals surface area (Å²) in [4.78, 5) is 21.7. The fourth-order valence-corrected chi connectivity index (χ4v) is 6.92. The number of pyridine rings is 1. The Morgan fingerprint density at radius 2 is 1.04 bits per heavy atom. The van der Waals surface area contributed by atoms with E-state index in [0.29, 0.717) is 78.2 Å². The second-order valence-electron chi connectivity index (χ2n) is 12.6. The van der Waals surface area contributed by atoms with Gasteiger partial charge in [0.05, 0.1) is 27.9 Å². The highest BCUT2D eigenvalue weighted by atomic mass is 19.2. The summed E-state index contributed by atoms with van der Waals surface area (Å²) in [6.07, 6.45) is 4.88. The van der Waals surface area contributed by atoms with E-state index in [2.05, 4.69) is 35.6 Å². The molecule has 0 amide bonds. The molecule has 0 unspecified atom stereocenters. The second-order valence-corrected chi connectivity index (χ2v) is 12.6. The second kappa shape index (κ2) is 13.0. The Hall–Kier alpha value is -6.77. The van der Waals surface area contributed by atoms with E-state index < -0.39 is 34.9 Å². The number of anilines is 2. The highest BCUT2D eigenvalue weighted by Crippen LogP contribution is 2.40. The number of aromatic nitrogens is 7. The van der Waals surface area contributed by atoms with Crippen molar-refractivity contribution < 1.29 is 26.3 Å². The zero-order valence-corrected chi connectivity index (χ0v) is 27.9. The molecule has 0 bridgehead atoms. The van der Waals surface area contributed by atoms with Gasteiger partial charge in [-0.15, -0.1) is 0 Å². The molecule has 9 nitrogen and oxygen atoms in total. The fourth-order valence-electron chi connectivity index (χ4n) is 6.92. The van der Waals surface area contributed by atoms with Crippen molar-refractivity contribution in [3.05, 3.63) is 126 Å². The molecule has 2 N–H and O–H groups in total. The van der Waals surface area contributed by atoms with Gasteiger partial charge in [-0.05, 0) is 42.5 Å². The Morgan fingerprint density at radius 3 is 1.63 bits per heavy atom. The maximum Gasteiger partial charge on any atom is 0.204 e. The molecule has 2 aliphatic rings. The Labute approximate surface area is 302 Å². The molecule has 0 spiro atoms. The van der Waals surface area contributed by atoms with Crippen molar-refractivity contribution in [3.63, 3.8) is 0 Å². The molecule has 54 heavy (non-hydrogen) atoms. The molecular formula is C39H25F6N9. The lowest BCUT2D eigenvalue weighted by Gasteiger charge is -2.10. The summed E-state index contributed by atoms with van der Waals surface area (Å²) in [6.45, 7) is 2.59. The molecule has 6 heterocycles. The number of hydrogen-bond acceptors (Lipinski definition) is 7. The molecular weight excluding hydrogens is 708 g/mol. The first-order valence-corrected chi connectivity index (χ1v) is 16.8. The van der Waals surface area contributed by atoms with Crippen LogP contribution in [0.15, 0.2) is 91.4 Å². The van der Waals surface area contributed by atoms with Crippen LogP contribution in [0.4, 0.5) is 38.2 Å². The Morgan fingerprint density at radius 1 is 0.519 bits per heavy atom. The summed E-state index contributed by atoms with van der Waals surface area (Å²) in [6, 6.07) is 17.8. The molecule has 0 radical (unpaired) electrons. The number of hydrogen-bond donors (Lipinski definition) is 2. The summed E-state index contributed by atoms with van der Waals surface area (Å²) in [5.74, 6) is -5.36. The van der Waals surface area contributed by atoms with Gasteiger partial charge in [0, 0.05) is 84.5 Å². The van der Waals surface area contributed by atoms with Gasteiger partial charge in [0.2, 0.25) is 11.9 Å². The summed E-state index contributed by atoms with van der Waals surface area (Å²) >= 11 is 0. The van der Waals surface area contributed by atoms with E-state index in [1.807, 2.05) is 51.6 Å². The van der Waals surface area contributed by atoms with Gasteiger partial charge < -0.3 is 19.8 Å². The first-order chi connectivity index (χ1) is 26.2. The first kappa shape index (κ1) is 33.1. The molecule has 0 saturated heterocycles. The largest absolute Gasteiger partial charge is 0.354 e. The molecule has 4 aromatic heterocycles. The minimum atomic E-state index is -1.25. The molecule has 4 aromatic carbocycles. The van der Waals surface area contributed by atoms with Crippen LogP contribution in [0.2, 0.25) is 0 Å². The van der Waals surface area contributed by atoms with E-state index in [1.54, 1.807) is 24.7 Å². The average Bonchev–Trinajstić information content (AvgIpc) is 3.97. The highest BCUT2D eigenvalue weighted by molar-refractivity contribution is 5.89. The number of fused-ring (bicyclic) bond motifs is 4. The molecule has 0 atom stereocenters. The fraction of sp³-hybridized carbons (Fsp3) is 0.103. The maximum atomic E-state index is 14.5. The van der Waals surface area contributed by atoms with E-state index >= 15 is 0 Å². The van der Waals surface area contributed by atoms with Crippen molar-refractivity contribution in [1.29, 1.82) is 0 Å². The van der Waals surface area contributed by atoms with Crippen LogP contribution in [0.5, 0.6) is 0 Å². The Bertz CT molecular complexity index is 2590. The van der Waals surface area contributed by atoms with Crippen LogP contribution >= 0.6 is 0 Å². The van der Waals surface area contributed by atoms with Gasteiger partial charge in [-0.25, -0.2) is 36.3 Å². The quantitative estimate of drug-likeness (QED) is 0.138. The number of nitrogens with one attached hydrogen (secondary N) is 2. The van der Waals surface area contributed by atoms with Crippen molar-refractivity contribution in [2.45, 2.75) is 13.1 Å². The van der Waals surface area contributed by atoms with Gasteiger partial charge in [-0.3, -0.25) is 15.0 Å². The van der Waals surface area contributed by atoms with E-state index in [1.165, 1.54) is 0 Å². The van der Waals surface area contributed by atoms with Gasteiger partial charge in [0.25, 0.3) is 0 Å². The number of rotatable bonds is 4. The Balaban J connectivity index is 0.000000142. The summed E-state index contributed by atoms with van der Waals surface area (Å²) < 4.78 is 87.8. The molecule has 15 heteroatoms. The van der Waals surface area contributed by atoms with Crippen LogP contribution in [-0.2, 0) is 13.1 Å². The molecule has 8 aromatic rings. The zero-order valence-electron chi connectivity index (χ0n) is 27.9. The number of nitrogens with zero attached hydrogens (tertiary/aromatic N) is 7. The van der Waals surface area contributed by atoms with Crippen molar-refractivity contribution in [2.24, 2.45) is 0 Å². The van der Waals surface area contributed by atoms with Crippen molar-refractivity contribution in [1.82, 2.24) is 34.1 Å². The van der Waals surface area contributed by atoms with Crippen LogP contribution in [-0.4, -0.2) is 47.1 Å². The summed E-state index contributed by atoms with van der Waals surface area (Å²) in [5, 5.41) is 7.13. The molecule has 0 fully saturated rings. The molecule has 2 aliphatic heterocycles. The normalized spacial score (nSPS) is 13.0. The summed E-state index contributed by atoms with van der Waals surface area (Å²) in [5.41, 5.74) is 4.84. The van der Waals surface area contributed by atoms with E-state index in [-0.39, 0.29) is 22.5 Å². The monoisotopic (exact) mass is 733 g/mol. The third-order valence-electron chi connectivity index (χ3n) is 9.29. The maximum absolute atomic E-state index is 14.5. The van der Waals surface area contributed by atoms with Crippen LogP contribution in [0.1, 0.15) is 0 Å². The van der Waals surface area contributed by atoms with Crippen LogP contribution in [0.25, 0.3) is 67.0 Å². The lowest BCUT2D eigenvalue weighted by atomic mass is 10.0. The van der Waals surface area contributed by atoms with E-state index in [0.717, 1.165) is 28.6 Å². The standard InChI is InChI=1S/C20H13F3N4.C19H12F3N5/c21-13-9-14(17(23)15(22)10-13)18-19(27-7-6-25-20(27)26-18)12-3-4-16-11(8-12)2-1-5-24-16;20-11-8-12(16(22)13(21)9-11)17-18(27-6-5-25-19(27)26-17)10-1-2-14-15(7-10)24-4-3-23-14/h1-5,8-10H,6-7H2,(H,25,26);1-4,7-9H,5-6H2,(H,25,26). The first-order valence-electron chi connectivity index (χ1n) is 16.8. The highest BCUT2D eigenvalue weighted by Gasteiger charge is 2.28. The van der Waals surface area contributed by atoms with E-state index in [9.17, 15) is 26.3 Å². The van der Waals surface area contributed by atoms with Crippen molar-refractivity contribution in [3.8, 4) is 45.0 Å². The molecule has 0 aliphatic carbocycles. The van der Waals surface area contributed by atoms with Crippen LogP contribution in [0.3, 0.4) is 0 Å². The van der Waals surface area contributed by atoms with Crippen molar-refractivity contribution >= 4 is 33.8 Å². The third kappa shape index (κ3) is 5.64.